The summed E-state index contributed by atoms with van der Waals surface area (Å²) in [5.74, 6) is 2.33. The SMILES string of the molecule is CCNC(=NCc1ccc(C)cc1Oc1ccccc1)NCC1(CO)COC1.I. The Hall–Kier alpha value is -1.84. The molecule has 0 amide bonds. The number of para-hydroxylation sites is 1. The fourth-order valence-corrected chi connectivity index (χ4v) is 2.92. The van der Waals surface area contributed by atoms with Crippen LogP contribution >= 0.6 is 24.0 Å². The quantitative estimate of drug-likeness (QED) is 0.288. The number of aliphatic hydroxyl groups excluding tert-OH is 1. The highest BCUT2D eigenvalue weighted by molar-refractivity contribution is 14.0. The lowest BCUT2D eigenvalue weighted by Gasteiger charge is -2.40. The summed E-state index contributed by atoms with van der Waals surface area (Å²) in [4.78, 5) is 4.70. The molecule has 1 aliphatic rings. The molecule has 0 aromatic heterocycles. The summed E-state index contributed by atoms with van der Waals surface area (Å²) in [5.41, 5.74) is 1.94. The van der Waals surface area contributed by atoms with Crippen LogP contribution < -0.4 is 15.4 Å². The predicted molar refractivity (Wildman–Crippen MR) is 126 cm³/mol. The van der Waals surface area contributed by atoms with Gasteiger partial charge >= 0.3 is 0 Å². The van der Waals surface area contributed by atoms with Crippen LogP contribution in [0.1, 0.15) is 18.1 Å². The van der Waals surface area contributed by atoms with Crippen LogP contribution in [0.15, 0.2) is 53.5 Å². The zero-order chi connectivity index (χ0) is 19.8. The third-order valence-corrected chi connectivity index (χ3v) is 4.73. The third kappa shape index (κ3) is 6.58. The Morgan fingerprint density at radius 2 is 1.93 bits per heavy atom. The number of aryl methyl sites for hydroxylation is 1. The number of nitrogens with zero attached hydrogens (tertiary/aromatic N) is 1. The summed E-state index contributed by atoms with van der Waals surface area (Å²) in [6.07, 6.45) is 0. The minimum Gasteiger partial charge on any atom is -0.457 e. The van der Waals surface area contributed by atoms with Crippen LogP contribution in [0.5, 0.6) is 11.5 Å². The maximum Gasteiger partial charge on any atom is 0.191 e. The van der Waals surface area contributed by atoms with Gasteiger partial charge in [-0.05, 0) is 37.6 Å². The number of ether oxygens (including phenoxy) is 2. The Morgan fingerprint density at radius 1 is 1.17 bits per heavy atom. The number of aliphatic imine (C=N–C) groups is 1. The molecule has 29 heavy (non-hydrogen) atoms. The molecule has 1 aliphatic heterocycles. The number of hydrogen-bond donors (Lipinski definition) is 3. The minimum absolute atomic E-state index is 0. The smallest absolute Gasteiger partial charge is 0.191 e. The van der Waals surface area contributed by atoms with Crippen molar-refractivity contribution < 1.29 is 14.6 Å². The molecule has 2 aromatic carbocycles. The summed E-state index contributed by atoms with van der Waals surface area (Å²) >= 11 is 0. The minimum atomic E-state index is -0.207. The average Bonchev–Trinajstić information content (AvgIpc) is 2.67. The Morgan fingerprint density at radius 3 is 2.55 bits per heavy atom. The second-order valence-electron chi connectivity index (χ2n) is 7.23. The molecule has 0 spiro atoms. The molecule has 6 nitrogen and oxygen atoms in total. The van der Waals surface area contributed by atoms with E-state index in [9.17, 15) is 5.11 Å². The Kier molecular flexibility index (Phi) is 9.19. The normalized spacial score (nSPS) is 15.1. The Labute approximate surface area is 189 Å². The van der Waals surface area contributed by atoms with E-state index in [0.29, 0.717) is 32.3 Å². The van der Waals surface area contributed by atoms with E-state index in [2.05, 4.69) is 22.8 Å². The number of nitrogens with one attached hydrogen (secondary N) is 2. The van der Waals surface area contributed by atoms with Gasteiger partial charge in [-0.25, -0.2) is 4.99 Å². The second-order valence-corrected chi connectivity index (χ2v) is 7.23. The molecule has 0 unspecified atom stereocenters. The number of halogens is 1. The van der Waals surface area contributed by atoms with Crippen molar-refractivity contribution in [3.8, 4) is 11.5 Å². The van der Waals surface area contributed by atoms with Crippen LogP contribution in [0.4, 0.5) is 0 Å². The van der Waals surface area contributed by atoms with Crippen LogP contribution in [0.3, 0.4) is 0 Å². The molecule has 0 bridgehead atoms. The molecular formula is C22H30IN3O3. The molecule has 1 fully saturated rings. The maximum absolute atomic E-state index is 9.59. The van der Waals surface area contributed by atoms with Gasteiger partial charge in [0.1, 0.15) is 11.5 Å². The van der Waals surface area contributed by atoms with Gasteiger partial charge in [-0.15, -0.1) is 24.0 Å². The van der Waals surface area contributed by atoms with E-state index in [0.717, 1.165) is 29.2 Å². The summed E-state index contributed by atoms with van der Waals surface area (Å²) < 4.78 is 11.3. The van der Waals surface area contributed by atoms with E-state index in [-0.39, 0.29) is 36.0 Å². The number of benzene rings is 2. The van der Waals surface area contributed by atoms with E-state index in [4.69, 9.17) is 14.5 Å². The van der Waals surface area contributed by atoms with Crippen molar-refractivity contribution in [1.82, 2.24) is 10.6 Å². The first-order valence-electron chi connectivity index (χ1n) is 9.67. The largest absolute Gasteiger partial charge is 0.457 e. The van der Waals surface area contributed by atoms with E-state index in [1.165, 1.54) is 0 Å². The van der Waals surface area contributed by atoms with Crippen molar-refractivity contribution in [2.24, 2.45) is 10.4 Å². The lowest BCUT2D eigenvalue weighted by atomic mass is 9.87. The van der Waals surface area contributed by atoms with Gasteiger partial charge in [0.15, 0.2) is 5.96 Å². The van der Waals surface area contributed by atoms with Gasteiger partial charge in [0.05, 0.1) is 31.8 Å². The summed E-state index contributed by atoms with van der Waals surface area (Å²) in [6.45, 7) is 7.19. The molecule has 3 N–H and O–H groups in total. The number of aliphatic hydroxyl groups is 1. The van der Waals surface area contributed by atoms with E-state index in [1.807, 2.05) is 50.2 Å². The molecule has 1 heterocycles. The average molecular weight is 511 g/mol. The molecule has 1 saturated heterocycles. The molecule has 7 heteroatoms. The highest BCUT2D eigenvalue weighted by Crippen LogP contribution is 2.27. The third-order valence-electron chi connectivity index (χ3n) is 4.73. The van der Waals surface area contributed by atoms with Crippen molar-refractivity contribution in [2.45, 2.75) is 20.4 Å². The molecule has 0 aliphatic carbocycles. The summed E-state index contributed by atoms with van der Waals surface area (Å²) in [7, 11) is 0. The van der Waals surface area contributed by atoms with Crippen molar-refractivity contribution >= 4 is 29.9 Å². The predicted octanol–water partition coefficient (Wildman–Crippen LogP) is 3.47. The van der Waals surface area contributed by atoms with Gasteiger partial charge < -0.3 is 25.2 Å². The first-order chi connectivity index (χ1) is 13.6. The van der Waals surface area contributed by atoms with Crippen LogP contribution in [0, 0.1) is 12.3 Å². The van der Waals surface area contributed by atoms with Crippen molar-refractivity contribution in [3.63, 3.8) is 0 Å². The van der Waals surface area contributed by atoms with E-state index >= 15 is 0 Å². The van der Waals surface area contributed by atoms with Crippen molar-refractivity contribution in [1.29, 1.82) is 0 Å². The van der Waals surface area contributed by atoms with Crippen LogP contribution in [0.25, 0.3) is 0 Å². The zero-order valence-corrected chi connectivity index (χ0v) is 19.3. The number of hydrogen-bond acceptors (Lipinski definition) is 4. The van der Waals surface area contributed by atoms with Crippen LogP contribution in [-0.2, 0) is 11.3 Å². The van der Waals surface area contributed by atoms with Gasteiger partial charge in [0.2, 0.25) is 0 Å². The highest BCUT2D eigenvalue weighted by Gasteiger charge is 2.38. The van der Waals surface area contributed by atoms with E-state index < -0.39 is 0 Å². The number of rotatable bonds is 8. The van der Waals surface area contributed by atoms with Gasteiger partial charge in [0.25, 0.3) is 0 Å². The lowest BCUT2D eigenvalue weighted by Crippen LogP contribution is -2.54. The first kappa shape index (κ1) is 23.4. The van der Waals surface area contributed by atoms with Gasteiger partial charge in [-0.1, -0.05) is 30.3 Å². The molecule has 158 valence electrons. The summed E-state index contributed by atoms with van der Waals surface area (Å²) in [5, 5.41) is 16.2. The molecule has 2 aromatic rings. The van der Waals surface area contributed by atoms with Crippen LogP contribution in [-0.4, -0.2) is 44.0 Å². The molecule has 0 radical (unpaired) electrons. The van der Waals surface area contributed by atoms with Crippen LogP contribution in [0.2, 0.25) is 0 Å². The molecule has 3 rings (SSSR count). The Balaban J connectivity index is 0.00000300. The summed E-state index contributed by atoms with van der Waals surface area (Å²) in [6, 6.07) is 15.9. The standard InChI is InChI=1S/C22H29N3O3.HI/c1-3-23-21(25-13-22(14-26)15-27-16-22)24-12-18-10-9-17(2)11-20(18)28-19-7-5-4-6-8-19;/h4-11,26H,3,12-16H2,1-2H3,(H2,23,24,25);1H. The molecular weight excluding hydrogens is 481 g/mol. The monoisotopic (exact) mass is 511 g/mol. The zero-order valence-electron chi connectivity index (χ0n) is 17.0. The highest BCUT2D eigenvalue weighted by atomic mass is 127. The molecule has 0 atom stereocenters. The van der Waals surface area contributed by atoms with Crippen molar-refractivity contribution in [2.75, 3.05) is 32.9 Å². The fraction of sp³-hybridized carbons (Fsp3) is 0.409. The van der Waals surface area contributed by atoms with Gasteiger partial charge in [-0.3, -0.25) is 0 Å². The maximum atomic E-state index is 9.59. The van der Waals surface area contributed by atoms with Gasteiger partial charge in [0, 0.05) is 18.7 Å². The molecule has 0 saturated carbocycles. The number of guanidine groups is 1. The second kappa shape index (κ2) is 11.4. The van der Waals surface area contributed by atoms with Gasteiger partial charge in [-0.2, -0.15) is 0 Å². The lowest BCUT2D eigenvalue weighted by molar-refractivity contribution is -0.132. The van der Waals surface area contributed by atoms with Crippen molar-refractivity contribution in [3.05, 3.63) is 59.7 Å². The fourth-order valence-electron chi connectivity index (χ4n) is 2.92. The Bertz CT molecular complexity index is 790. The van der Waals surface area contributed by atoms with E-state index in [1.54, 1.807) is 0 Å². The topological polar surface area (TPSA) is 75.1 Å². The first-order valence-corrected chi connectivity index (χ1v) is 9.67.